The summed E-state index contributed by atoms with van der Waals surface area (Å²) < 4.78 is 0. The minimum absolute atomic E-state index is 0. The molecule has 0 aromatic carbocycles. The summed E-state index contributed by atoms with van der Waals surface area (Å²) in [7, 11) is 1.33. The molecule has 2 saturated carbocycles. The van der Waals surface area contributed by atoms with Crippen molar-refractivity contribution in [1.29, 1.82) is 0 Å². The second kappa shape index (κ2) is 9.55. The molecule has 0 N–H and O–H groups in total. The van der Waals surface area contributed by atoms with Crippen LogP contribution in [0.25, 0.3) is 0 Å². The summed E-state index contributed by atoms with van der Waals surface area (Å²) >= 11 is 0. The van der Waals surface area contributed by atoms with Crippen LogP contribution in [-0.4, -0.2) is 11.3 Å². The Hall–Kier alpha value is 1.53. The summed E-state index contributed by atoms with van der Waals surface area (Å²) in [4.78, 5) is 0. The SMILES string of the molecule is C1CCC(PC2CCCCC2)CC1.[CH3-].[Y]. The maximum absolute atomic E-state index is 1.56. The van der Waals surface area contributed by atoms with Crippen molar-refractivity contribution in [2.24, 2.45) is 0 Å². The van der Waals surface area contributed by atoms with Crippen LogP contribution in [0.5, 0.6) is 0 Å². The van der Waals surface area contributed by atoms with Gasteiger partial charge in [-0.05, 0) is 37.0 Å². The van der Waals surface area contributed by atoms with E-state index in [9.17, 15) is 0 Å². The quantitative estimate of drug-likeness (QED) is 0.509. The van der Waals surface area contributed by atoms with Crippen LogP contribution in [0.3, 0.4) is 0 Å². The molecule has 0 aromatic heterocycles. The van der Waals surface area contributed by atoms with Gasteiger partial charge in [0.15, 0.2) is 0 Å². The van der Waals surface area contributed by atoms with Gasteiger partial charge < -0.3 is 7.43 Å². The molecule has 0 aromatic rings. The summed E-state index contributed by atoms with van der Waals surface area (Å²) in [6, 6.07) is 0. The average Bonchev–Trinajstić information content (AvgIpc) is 2.21. The third-order valence-corrected chi connectivity index (χ3v) is 5.78. The first-order valence-electron chi connectivity index (χ1n) is 6.21. The van der Waals surface area contributed by atoms with Crippen LogP contribution >= 0.6 is 8.58 Å². The molecule has 0 spiro atoms. The normalized spacial score (nSPS) is 24.0. The summed E-state index contributed by atoms with van der Waals surface area (Å²) in [5.41, 5.74) is 2.30. The average molecular weight is 302 g/mol. The Labute approximate surface area is 123 Å². The molecule has 87 valence electrons. The van der Waals surface area contributed by atoms with E-state index < -0.39 is 0 Å². The molecular formula is C13H26PY-. The molecule has 0 bridgehead atoms. The molecule has 2 fully saturated rings. The summed E-state index contributed by atoms with van der Waals surface area (Å²) in [6.45, 7) is 0. The van der Waals surface area contributed by atoms with E-state index >= 15 is 0 Å². The first-order chi connectivity index (χ1) is 6.45. The standard InChI is InChI=1S/C12H23P.CH3.Y/c1-3-7-11(8-4-1)13-12-9-5-2-6-10-12;;/h11-13H,1-10H2;1H3;/q;-1;. The van der Waals surface area contributed by atoms with Crippen molar-refractivity contribution >= 4 is 8.58 Å². The molecule has 2 aliphatic carbocycles. The topological polar surface area (TPSA) is 0 Å². The fraction of sp³-hybridized carbons (Fsp3) is 0.923. The Balaban J connectivity index is 0.000000980. The molecule has 2 heteroatoms. The molecule has 1 radical (unpaired) electrons. The first kappa shape index (κ1) is 16.5. The van der Waals surface area contributed by atoms with Crippen LogP contribution in [-0.2, 0) is 32.7 Å². The summed E-state index contributed by atoms with van der Waals surface area (Å²) in [6.07, 6.45) is 15.4. The van der Waals surface area contributed by atoms with Crippen molar-refractivity contribution in [3.63, 3.8) is 0 Å². The molecule has 0 nitrogen and oxygen atoms in total. The third-order valence-electron chi connectivity index (χ3n) is 3.68. The van der Waals surface area contributed by atoms with Crippen molar-refractivity contribution in [3.05, 3.63) is 7.43 Å². The van der Waals surface area contributed by atoms with Crippen molar-refractivity contribution in [2.75, 3.05) is 0 Å². The predicted molar refractivity (Wildman–Crippen MR) is 68.5 cm³/mol. The molecule has 0 saturated heterocycles. The Morgan fingerprint density at radius 1 is 0.600 bits per heavy atom. The van der Waals surface area contributed by atoms with Crippen LogP contribution in [0.1, 0.15) is 64.2 Å². The number of hydrogen-bond donors (Lipinski definition) is 0. The fourth-order valence-electron chi connectivity index (χ4n) is 2.87. The molecular weight excluding hydrogens is 276 g/mol. The zero-order chi connectivity index (χ0) is 8.93. The molecule has 2 rings (SSSR count). The van der Waals surface area contributed by atoms with Gasteiger partial charge in [-0.3, -0.25) is 0 Å². The van der Waals surface area contributed by atoms with E-state index in [0.717, 1.165) is 11.3 Å². The zero-order valence-corrected chi connectivity index (χ0v) is 14.1. The maximum atomic E-state index is 1.56. The van der Waals surface area contributed by atoms with Gasteiger partial charge in [-0.15, -0.1) is 8.58 Å². The first-order valence-corrected chi connectivity index (χ1v) is 7.37. The molecule has 15 heavy (non-hydrogen) atoms. The largest absolute Gasteiger partial charge is 0.358 e. The van der Waals surface area contributed by atoms with Crippen molar-refractivity contribution < 1.29 is 32.7 Å². The van der Waals surface area contributed by atoms with Gasteiger partial charge in [-0.2, -0.15) is 0 Å². The van der Waals surface area contributed by atoms with Gasteiger partial charge in [0.05, 0.1) is 0 Å². The van der Waals surface area contributed by atoms with Gasteiger partial charge in [0, 0.05) is 32.7 Å². The third kappa shape index (κ3) is 6.14. The van der Waals surface area contributed by atoms with Crippen molar-refractivity contribution in [2.45, 2.75) is 75.5 Å². The summed E-state index contributed by atoms with van der Waals surface area (Å²) in [5.74, 6) is 0. The predicted octanol–water partition coefficient (Wildman–Crippen LogP) is 4.78. The Kier molecular flexibility index (Phi) is 10.5. The van der Waals surface area contributed by atoms with Crippen LogP contribution < -0.4 is 0 Å². The van der Waals surface area contributed by atoms with Gasteiger partial charge in [0.25, 0.3) is 0 Å². The number of hydrogen-bond acceptors (Lipinski definition) is 0. The van der Waals surface area contributed by atoms with E-state index in [0.29, 0.717) is 0 Å². The molecule has 0 amide bonds. The Bertz CT molecular complexity index is 121. The van der Waals surface area contributed by atoms with Crippen molar-refractivity contribution in [1.82, 2.24) is 0 Å². The van der Waals surface area contributed by atoms with E-state index in [1.165, 1.54) is 47.1 Å². The fourth-order valence-corrected chi connectivity index (χ4v) is 5.02. The van der Waals surface area contributed by atoms with E-state index in [-0.39, 0.29) is 40.1 Å². The van der Waals surface area contributed by atoms with E-state index in [4.69, 9.17) is 0 Å². The molecule has 2 aliphatic rings. The second-order valence-corrected chi connectivity index (χ2v) is 6.80. The van der Waals surface area contributed by atoms with Crippen molar-refractivity contribution in [3.8, 4) is 0 Å². The molecule has 0 atom stereocenters. The number of rotatable bonds is 2. The zero-order valence-electron chi connectivity index (χ0n) is 10.3. The van der Waals surface area contributed by atoms with Gasteiger partial charge in [0.2, 0.25) is 0 Å². The van der Waals surface area contributed by atoms with Gasteiger partial charge in [0.1, 0.15) is 0 Å². The smallest absolute Gasteiger partial charge is 0 e. The van der Waals surface area contributed by atoms with E-state index in [1.807, 2.05) is 0 Å². The van der Waals surface area contributed by atoms with Crippen LogP contribution in [0.2, 0.25) is 0 Å². The van der Waals surface area contributed by atoms with E-state index in [2.05, 4.69) is 0 Å². The molecule has 0 aliphatic heterocycles. The van der Waals surface area contributed by atoms with Gasteiger partial charge >= 0.3 is 0 Å². The van der Waals surface area contributed by atoms with Gasteiger partial charge in [-0.25, -0.2) is 0 Å². The van der Waals surface area contributed by atoms with Crippen LogP contribution in [0.15, 0.2) is 0 Å². The second-order valence-electron chi connectivity index (χ2n) is 4.84. The van der Waals surface area contributed by atoms with Gasteiger partial charge in [-0.1, -0.05) is 38.5 Å². The summed E-state index contributed by atoms with van der Waals surface area (Å²) in [5, 5.41) is 0. The minimum Gasteiger partial charge on any atom is -0.358 e. The minimum atomic E-state index is 0. The van der Waals surface area contributed by atoms with Crippen LogP contribution in [0, 0.1) is 7.43 Å². The Morgan fingerprint density at radius 2 is 0.933 bits per heavy atom. The monoisotopic (exact) mass is 302 g/mol. The molecule has 0 unspecified atom stereocenters. The molecule has 0 heterocycles. The Morgan fingerprint density at radius 3 is 1.27 bits per heavy atom. The van der Waals surface area contributed by atoms with E-state index in [1.54, 1.807) is 25.7 Å². The maximum Gasteiger partial charge on any atom is 0 e. The van der Waals surface area contributed by atoms with Crippen LogP contribution in [0.4, 0.5) is 0 Å².